The smallest absolute Gasteiger partial charge is 0.240 e. The lowest BCUT2D eigenvalue weighted by atomic mass is 9.98. The molecule has 57 heavy (non-hydrogen) atoms. The van der Waals surface area contributed by atoms with E-state index in [0.717, 1.165) is 76.9 Å². The first-order chi connectivity index (χ1) is 28.3. The van der Waals surface area contributed by atoms with Crippen molar-refractivity contribution in [1.29, 1.82) is 0 Å². The summed E-state index contributed by atoms with van der Waals surface area (Å²) in [6.45, 7) is 0. The quantitative estimate of drug-likeness (QED) is 0.181. The molecule has 13 rings (SSSR count). The Kier molecular flexibility index (Phi) is 6.04. The van der Waals surface area contributed by atoms with E-state index >= 15 is 0 Å². The van der Waals surface area contributed by atoms with E-state index in [1.54, 1.807) is 0 Å². The molecule has 0 spiro atoms. The molecule has 0 saturated heterocycles. The van der Waals surface area contributed by atoms with E-state index in [9.17, 15) is 0 Å². The maximum atomic E-state index is 5.33. The molecule has 0 aliphatic carbocycles. The largest absolute Gasteiger partial charge is 0.293 e. The van der Waals surface area contributed by atoms with Gasteiger partial charge >= 0.3 is 0 Å². The van der Waals surface area contributed by atoms with Gasteiger partial charge in [0.2, 0.25) is 11.9 Å². The Morgan fingerprint density at radius 2 is 0.789 bits per heavy atom. The predicted molar refractivity (Wildman–Crippen MR) is 232 cm³/mol. The monoisotopic (exact) mass is 727 g/mol. The van der Waals surface area contributed by atoms with Crippen molar-refractivity contribution < 1.29 is 0 Å². The number of hydrogen-bond acceptors (Lipinski definition) is 4. The van der Waals surface area contributed by atoms with Crippen molar-refractivity contribution in [3.05, 3.63) is 176 Å². The van der Waals surface area contributed by atoms with Gasteiger partial charge in [-0.15, -0.1) is 0 Å². The highest BCUT2D eigenvalue weighted by Crippen LogP contribution is 2.42. The third kappa shape index (κ3) is 4.20. The maximum Gasteiger partial charge on any atom is 0.240 e. The number of para-hydroxylation sites is 5. The van der Waals surface area contributed by atoms with Crippen LogP contribution in [0.15, 0.2) is 176 Å². The second-order valence-electron chi connectivity index (χ2n) is 14.7. The third-order valence-corrected chi connectivity index (χ3v) is 11.7. The van der Waals surface area contributed by atoms with Crippen LogP contribution in [0.4, 0.5) is 0 Å². The molecule has 7 nitrogen and oxygen atoms in total. The molecule has 6 heterocycles. The third-order valence-electron chi connectivity index (χ3n) is 11.7. The second-order valence-corrected chi connectivity index (χ2v) is 14.7. The van der Waals surface area contributed by atoms with E-state index in [0.29, 0.717) is 17.7 Å². The standard InChI is InChI=1S/C50H29N7/c1-6-21-41-33(15-1)34-16-2-7-22-42(34)55(41)49-52-47(53-50(54-49)56-43-23-8-3-17-35(43)36-18-4-9-24-44(36)56)31-14-11-13-30(27-31)32-28-39-37-19-5-10-25-45(37)57-46(39)40(29-32)38-20-12-26-51-48(38)57/h1-29H. The van der Waals surface area contributed by atoms with E-state index in [4.69, 9.17) is 19.9 Å². The molecule has 0 saturated carbocycles. The average Bonchev–Trinajstić information content (AvgIpc) is 4.01. The minimum Gasteiger partial charge on any atom is -0.293 e. The lowest BCUT2D eigenvalue weighted by Gasteiger charge is -2.13. The van der Waals surface area contributed by atoms with E-state index in [-0.39, 0.29) is 0 Å². The van der Waals surface area contributed by atoms with Crippen molar-refractivity contribution in [3.63, 3.8) is 0 Å². The number of benzene rings is 7. The number of hydrogen-bond donors (Lipinski definition) is 0. The van der Waals surface area contributed by atoms with Crippen LogP contribution in [-0.2, 0) is 0 Å². The Morgan fingerprint density at radius 3 is 1.35 bits per heavy atom. The molecule has 0 aliphatic rings. The van der Waals surface area contributed by atoms with Gasteiger partial charge in [-0.05, 0) is 71.8 Å². The zero-order chi connectivity index (χ0) is 37.2. The molecule has 0 fully saturated rings. The Hall–Kier alpha value is -7.90. The first-order valence-corrected chi connectivity index (χ1v) is 19.2. The Morgan fingerprint density at radius 1 is 0.333 bits per heavy atom. The van der Waals surface area contributed by atoms with Crippen molar-refractivity contribution in [2.75, 3.05) is 0 Å². The fraction of sp³-hybridized carbons (Fsp3) is 0. The van der Waals surface area contributed by atoms with E-state index in [1.165, 1.54) is 21.7 Å². The van der Waals surface area contributed by atoms with Crippen LogP contribution in [0.5, 0.6) is 0 Å². The van der Waals surface area contributed by atoms with E-state index in [1.807, 2.05) is 12.3 Å². The Balaban J connectivity index is 1.08. The maximum absolute atomic E-state index is 5.33. The molecule has 0 bridgehead atoms. The van der Waals surface area contributed by atoms with Gasteiger partial charge in [0.25, 0.3) is 0 Å². The van der Waals surface area contributed by atoms with Gasteiger partial charge in [-0.2, -0.15) is 15.0 Å². The minimum atomic E-state index is 0.561. The summed E-state index contributed by atoms with van der Waals surface area (Å²) in [5, 5.41) is 9.36. The molecule has 0 atom stereocenters. The molecule has 0 unspecified atom stereocenters. The zero-order valence-electron chi connectivity index (χ0n) is 30.4. The molecule has 6 aromatic heterocycles. The Labute approximate surface area is 324 Å². The molecule has 0 N–H and O–H groups in total. The highest BCUT2D eigenvalue weighted by atomic mass is 15.3. The first-order valence-electron chi connectivity index (χ1n) is 19.2. The molecule has 0 aliphatic heterocycles. The van der Waals surface area contributed by atoms with Crippen LogP contribution in [0.1, 0.15) is 0 Å². The number of rotatable bonds is 4. The summed E-state index contributed by atoms with van der Waals surface area (Å²) in [6, 6.07) is 60.0. The number of nitrogens with zero attached hydrogens (tertiary/aromatic N) is 7. The zero-order valence-corrected chi connectivity index (χ0v) is 30.4. The van der Waals surface area contributed by atoms with Gasteiger partial charge < -0.3 is 0 Å². The van der Waals surface area contributed by atoms with Gasteiger partial charge in [0.15, 0.2) is 5.82 Å². The van der Waals surface area contributed by atoms with Crippen molar-refractivity contribution in [2.45, 2.75) is 0 Å². The van der Waals surface area contributed by atoms with Gasteiger partial charge in [0.05, 0.1) is 33.1 Å². The van der Waals surface area contributed by atoms with Gasteiger partial charge in [-0.3, -0.25) is 13.5 Å². The summed E-state index contributed by atoms with van der Waals surface area (Å²) in [5.41, 5.74) is 10.6. The normalized spacial score (nSPS) is 12.2. The van der Waals surface area contributed by atoms with Gasteiger partial charge in [0, 0.05) is 54.9 Å². The van der Waals surface area contributed by atoms with E-state index in [2.05, 4.69) is 177 Å². The summed E-state index contributed by atoms with van der Waals surface area (Å²) in [6.07, 6.45) is 1.88. The topological polar surface area (TPSA) is 65.8 Å². The summed E-state index contributed by atoms with van der Waals surface area (Å²) >= 11 is 0. The fourth-order valence-corrected chi connectivity index (χ4v) is 9.27. The van der Waals surface area contributed by atoms with Crippen LogP contribution in [0.25, 0.3) is 116 Å². The summed E-state index contributed by atoms with van der Waals surface area (Å²) in [5.74, 6) is 1.72. The summed E-state index contributed by atoms with van der Waals surface area (Å²) in [7, 11) is 0. The predicted octanol–water partition coefficient (Wildman–Crippen LogP) is 11.9. The SMILES string of the molecule is c1cc(-c2cc3c4ccccc4n4c5ncccc5c(c2)c34)cc(-c2nc(-n3c4ccccc4c4ccccc43)nc(-n3c4ccccc4c4ccccc43)n2)c1. The van der Waals surface area contributed by atoms with Crippen LogP contribution in [0.2, 0.25) is 0 Å². The fourth-order valence-electron chi connectivity index (χ4n) is 9.27. The number of aromatic nitrogens is 7. The lowest BCUT2D eigenvalue weighted by Crippen LogP contribution is -2.10. The first kappa shape index (κ1) is 30.4. The number of fused-ring (bicyclic) bond motifs is 12. The van der Waals surface area contributed by atoms with Gasteiger partial charge in [0.1, 0.15) is 5.65 Å². The van der Waals surface area contributed by atoms with Gasteiger partial charge in [-0.25, -0.2) is 4.98 Å². The molecule has 264 valence electrons. The molecular formula is C50H29N7. The van der Waals surface area contributed by atoms with Crippen LogP contribution < -0.4 is 0 Å². The highest BCUT2D eigenvalue weighted by Gasteiger charge is 2.22. The van der Waals surface area contributed by atoms with Crippen molar-refractivity contribution in [2.24, 2.45) is 0 Å². The van der Waals surface area contributed by atoms with Crippen molar-refractivity contribution >= 4 is 81.8 Å². The molecular weight excluding hydrogens is 699 g/mol. The van der Waals surface area contributed by atoms with Crippen molar-refractivity contribution in [1.82, 2.24) is 33.5 Å². The van der Waals surface area contributed by atoms with Crippen LogP contribution >= 0.6 is 0 Å². The van der Waals surface area contributed by atoms with Crippen LogP contribution in [0.3, 0.4) is 0 Å². The van der Waals surface area contributed by atoms with Crippen LogP contribution in [-0.4, -0.2) is 33.5 Å². The molecule has 0 radical (unpaired) electrons. The van der Waals surface area contributed by atoms with Crippen molar-refractivity contribution in [3.8, 4) is 34.4 Å². The summed E-state index contributed by atoms with van der Waals surface area (Å²) in [4.78, 5) is 20.8. The molecule has 0 amide bonds. The molecule has 7 heteroatoms. The van der Waals surface area contributed by atoms with Crippen LogP contribution in [0, 0.1) is 0 Å². The highest BCUT2D eigenvalue weighted by molar-refractivity contribution is 6.24. The van der Waals surface area contributed by atoms with E-state index < -0.39 is 0 Å². The average molecular weight is 728 g/mol. The van der Waals surface area contributed by atoms with Gasteiger partial charge in [-0.1, -0.05) is 109 Å². The second kappa shape index (κ2) is 11.3. The summed E-state index contributed by atoms with van der Waals surface area (Å²) < 4.78 is 6.66. The molecule has 13 aromatic rings. The number of pyridine rings is 1. The lowest BCUT2D eigenvalue weighted by molar-refractivity contribution is 0.893. The molecule has 7 aromatic carbocycles. The Bertz CT molecular complexity index is 3450. The minimum absolute atomic E-state index is 0.561.